The smallest absolute Gasteiger partial charge is 0.229 e. The summed E-state index contributed by atoms with van der Waals surface area (Å²) in [6.07, 6.45) is 1.03. The maximum Gasteiger partial charge on any atom is 0.229 e. The van der Waals surface area contributed by atoms with E-state index in [-0.39, 0.29) is 0 Å². The molecule has 0 saturated carbocycles. The first-order valence-corrected chi connectivity index (χ1v) is 8.24. The zero-order chi connectivity index (χ0) is 16.9. The first-order chi connectivity index (χ1) is 11.6. The van der Waals surface area contributed by atoms with Crippen LogP contribution in [-0.2, 0) is 6.42 Å². The van der Waals surface area contributed by atoms with Crippen molar-refractivity contribution in [2.75, 3.05) is 10.6 Å². The maximum atomic E-state index is 6.01. The van der Waals surface area contributed by atoms with Gasteiger partial charge in [-0.1, -0.05) is 36.7 Å². The quantitative estimate of drug-likeness (QED) is 0.646. The second-order valence-corrected chi connectivity index (χ2v) is 5.97. The van der Waals surface area contributed by atoms with Crippen LogP contribution in [0.25, 0.3) is 0 Å². The van der Waals surface area contributed by atoms with E-state index in [9.17, 15) is 0 Å². The number of hydrogen-bond donors (Lipinski definition) is 2. The van der Waals surface area contributed by atoms with Crippen LogP contribution in [0, 0.1) is 6.92 Å². The molecule has 0 spiro atoms. The van der Waals surface area contributed by atoms with Gasteiger partial charge in [0.05, 0.1) is 0 Å². The molecule has 5 heteroatoms. The van der Waals surface area contributed by atoms with E-state index in [2.05, 4.69) is 51.8 Å². The van der Waals surface area contributed by atoms with Gasteiger partial charge >= 0.3 is 0 Å². The molecular formula is C19H19ClN4. The van der Waals surface area contributed by atoms with Crippen LogP contribution in [-0.4, -0.2) is 9.97 Å². The minimum absolute atomic E-state index is 0.532. The molecule has 0 aliphatic rings. The molecule has 0 aliphatic carbocycles. The molecule has 3 aromatic rings. The van der Waals surface area contributed by atoms with Crippen LogP contribution in [0.1, 0.15) is 18.2 Å². The number of aryl methyl sites for hydroxylation is 2. The van der Waals surface area contributed by atoms with Crippen LogP contribution in [0.4, 0.5) is 23.1 Å². The van der Waals surface area contributed by atoms with Gasteiger partial charge in [0, 0.05) is 28.2 Å². The average Bonchev–Trinajstić information content (AvgIpc) is 2.55. The van der Waals surface area contributed by atoms with Gasteiger partial charge in [0.15, 0.2) is 0 Å². The number of benzene rings is 2. The van der Waals surface area contributed by atoms with Gasteiger partial charge in [0.1, 0.15) is 5.82 Å². The molecule has 3 rings (SSSR count). The molecule has 0 unspecified atom stereocenters. The Balaban J connectivity index is 1.80. The minimum atomic E-state index is 0.532. The molecule has 1 aromatic heterocycles. The second kappa shape index (κ2) is 7.32. The van der Waals surface area contributed by atoms with Crippen molar-refractivity contribution >= 4 is 34.7 Å². The summed E-state index contributed by atoms with van der Waals surface area (Å²) >= 11 is 6.01. The number of aromatic nitrogens is 2. The number of halogens is 1. The van der Waals surface area contributed by atoms with Gasteiger partial charge < -0.3 is 10.6 Å². The first-order valence-electron chi connectivity index (χ1n) is 7.86. The van der Waals surface area contributed by atoms with Gasteiger partial charge in [-0.15, -0.1) is 0 Å². The summed E-state index contributed by atoms with van der Waals surface area (Å²) in [5.41, 5.74) is 4.04. The largest absolute Gasteiger partial charge is 0.340 e. The lowest BCUT2D eigenvalue weighted by atomic mass is 10.1. The molecule has 24 heavy (non-hydrogen) atoms. The van der Waals surface area contributed by atoms with Crippen molar-refractivity contribution in [3.63, 3.8) is 0 Å². The van der Waals surface area contributed by atoms with Crippen LogP contribution in [0.5, 0.6) is 0 Å². The Hall–Kier alpha value is -2.59. The van der Waals surface area contributed by atoms with Crippen molar-refractivity contribution in [1.82, 2.24) is 9.97 Å². The van der Waals surface area contributed by atoms with E-state index in [1.165, 1.54) is 5.56 Å². The summed E-state index contributed by atoms with van der Waals surface area (Å²) in [6.45, 7) is 4.08. The molecule has 0 amide bonds. The Morgan fingerprint density at radius 2 is 1.71 bits per heavy atom. The Kier molecular flexibility index (Phi) is 4.96. The lowest BCUT2D eigenvalue weighted by molar-refractivity contribution is 1.11. The predicted octanol–water partition coefficient (Wildman–Crippen LogP) is 5.49. The van der Waals surface area contributed by atoms with Crippen molar-refractivity contribution in [2.24, 2.45) is 0 Å². The number of nitrogens with one attached hydrogen (secondary N) is 2. The van der Waals surface area contributed by atoms with Crippen LogP contribution >= 0.6 is 11.6 Å². The van der Waals surface area contributed by atoms with E-state index in [1.54, 1.807) is 0 Å². The topological polar surface area (TPSA) is 49.8 Å². The van der Waals surface area contributed by atoms with Crippen LogP contribution in [0.2, 0.25) is 5.02 Å². The minimum Gasteiger partial charge on any atom is -0.340 e. The molecule has 4 nitrogen and oxygen atoms in total. The highest BCUT2D eigenvalue weighted by molar-refractivity contribution is 6.30. The molecule has 1 heterocycles. The number of anilines is 4. The molecular weight excluding hydrogens is 320 g/mol. The van der Waals surface area contributed by atoms with Crippen LogP contribution in [0.3, 0.4) is 0 Å². The van der Waals surface area contributed by atoms with Crippen molar-refractivity contribution in [2.45, 2.75) is 20.3 Å². The highest BCUT2D eigenvalue weighted by Gasteiger charge is 2.04. The molecule has 122 valence electrons. The lowest BCUT2D eigenvalue weighted by Crippen LogP contribution is -2.02. The molecule has 2 aromatic carbocycles. The van der Waals surface area contributed by atoms with Gasteiger partial charge in [-0.3, -0.25) is 0 Å². The molecule has 2 N–H and O–H groups in total. The number of hydrogen-bond acceptors (Lipinski definition) is 4. The van der Waals surface area contributed by atoms with Crippen molar-refractivity contribution in [3.05, 3.63) is 70.9 Å². The van der Waals surface area contributed by atoms with E-state index in [1.807, 2.05) is 37.3 Å². The predicted molar refractivity (Wildman–Crippen MR) is 101 cm³/mol. The zero-order valence-electron chi connectivity index (χ0n) is 13.7. The molecule has 0 saturated heterocycles. The fraction of sp³-hybridized carbons (Fsp3) is 0.158. The van der Waals surface area contributed by atoms with Crippen molar-refractivity contribution in [1.29, 1.82) is 0 Å². The molecule has 0 fully saturated rings. The Labute approximate surface area is 146 Å². The van der Waals surface area contributed by atoms with Gasteiger partial charge in [-0.05, 0) is 49.2 Å². The molecule has 0 radical (unpaired) electrons. The zero-order valence-corrected chi connectivity index (χ0v) is 14.4. The Morgan fingerprint density at radius 3 is 2.42 bits per heavy atom. The SMILES string of the molecule is CCc1ccc(Nc2cc(C)nc(Nc3cccc(Cl)c3)n2)cc1. The summed E-state index contributed by atoms with van der Waals surface area (Å²) in [7, 11) is 0. The first kappa shape index (κ1) is 16.3. The summed E-state index contributed by atoms with van der Waals surface area (Å²) < 4.78 is 0. The second-order valence-electron chi connectivity index (χ2n) is 5.53. The van der Waals surface area contributed by atoms with E-state index in [4.69, 9.17) is 11.6 Å². The van der Waals surface area contributed by atoms with E-state index in [0.29, 0.717) is 11.0 Å². The molecule has 0 aliphatic heterocycles. The Morgan fingerprint density at radius 1 is 0.917 bits per heavy atom. The van der Waals surface area contributed by atoms with Gasteiger partial charge in [0.25, 0.3) is 0 Å². The third kappa shape index (κ3) is 4.24. The van der Waals surface area contributed by atoms with E-state index < -0.39 is 0 Å². The standard InChI is InChI=1S/C19H19ClN4/c1-3-14-7-9-16(10-8-14)22-18-11-13(2)21-19(24-18)23-17-6-4-5-15(20)12-17/h4-12H,3H2,1-2H3,(H2,21,22,23,24). The number of nitrogens with zero attached hydrogens (tertiary/aromatic N) is 2. The van der Waals surface area contributed by atoms with E-state index >= 15 is 0 Å². The molecule has 0 atom stereocenters. The van der Waals surface area contributed by atoms with E-state index in [0.717, 1.165) is 29.3 Å². The fourth-order valence-electron chi connectivity index (χ4n) is 2.36. The normalized spacial score (nSPS) is 10.5. The highest BCUT2D eigenvalue weighted by atomic mass is 35.5. The summed E-state index contributed by atoms with van der Waals surface area (Å²) in [4.78, 5) is 8.94. The average molecular weight is 339 g/mol. The molecule has 0 bridgehead atoms. The summed E-state index contributed by atoms with van der Waals surface area (Å²) in [5.74, 6) is 1.28. The highest BCUT2D eigenvalue weighted by Crippen LogP contribution is 2.21. The van der Waals surface area contributed by atoms with Gasteiger partial charge in [-0.25, -0.2) is 4.98 Å². The van der Waals surface area contributed by atoms with Crippen LogP contribution in [0.15, 0.2) is 54.6 Å². The third-order valence-electron chi connectivity index (χ3n) is 3.57. The van der Waals surface area contributed by atoms with Crippen molar-refractivity contribution < 1.29 is 0 Å². The number of rotatable bonds is 5. The monoisotopic (exact) mass is 338 g/mol. The third-order valence-corrected chi connectivity index (χ3v) is 3.80. The summed E-state index contributed by atoms with van der Waals surface area (Å²) in [6, 6.07) is 17.7. The van der Waals surface area contributed by atoms with Gasteiger partial charge in [0.2, 0.25) is 5.95 Å². The lowest BCUT2D eigenvalue weighted by Gasteiger charge is -2.10. The van der Waals surface area contributed by atoms with Crippen LogP contribution < -0.4 is 10.6 Å². The maximum absolute atomic E-state index is 6.01. The Bertz CT molecular complexity index is 831. The van der Waals surface area contributed by atoms with Gasteiger partial charge in [-0.2, -0.15) is 4.98 Å². The fourth-order valence-corrected chi connectivity index (χ4v) is 2.55. The van der Waals surface area contributed by atoms with Crippen molar-refractivity contribution in [3.8, 4) is 0 Å². The summed E-state index contributed by atoms with van der Waals surface area (Å²) in [5, 5.41) is 7.17.